The van der Waals surface area contributed by atoms with Crippen LogP contribution in [0, 0.1) is 5.89 Å². The Kier molecular flexibility index (Phi) is 1.13. The number of nitrogens with one attached hydrogen (secondary N) is 1. The molecule has 1 heterocycles. The fourth-order valence-electron chi connectivity index (χ4n) is 0.680. The van der Waals surface area contributed by atoms with E-state index in [1.165, 1.54) is 0 Å². The highest BCUT2D eigenvalue weighted by molar-refractivity contribution is 5.84. The summed E-state index contributed by atoms with van der Waals surface area (Å²) in [6.45, 7) is -1.73. The minimum absolute atomic E-state index is 0.841. The predicted molar refractivity (Wildman–Crippen MR) is 39.7 cm³/mol. The van der Waals surface area contributed by atoms with Crippen LogP contribution in [0.1, 0.15) is 6.85 Å². The second kappa shape index (κ2) is 3.36. The Bertz CT molecular complexity index is 426. The van der Waals surface area contributed by atoms with Crippen molar-refractivity contribution in [3.63, 3.8) is 0 Å². The molecule has 5 nitrogen and oxygen atoms in total. The number of carbonyl (C=O) groups is 2. The molecule has 66 valence electrons. The summed E-state index contributed by atoms with van der Waals surface area (Å²) in [6.07, 6.45) is 0. The summed E-state index contributed by atoms with van der Waals surface area (Å²) < 4.78 is 36.8. The summed E-state index contributed by atoms with van der Waals surface area (Å²) in [5.74, 6) is -7.21. The number of hydrogen-bond donors (Lipinski definition) is 3. The van der Waals surface area contributed by atoms with Crippen LogP contribution in [-0.2, 0) is 9.59 Å². The van der Waals surface area contributed by atoms with E-state index in [-0.39, 0.29) is 0 Å². The van der Waals surface area contributed by atoms with Gasteiger partial charge in [0.2, 0.25) is 0 Å². The molecule has 0 radical (unpaired) electrons. The lowest BCUT2D eigenvalue weighted by Crippen LogP contribution is -2.47. The van der Waals surface area contributed by atoms with Crippen LogP contribution in [0.25, 0.3) is 0 Å². The SMILES string of the molecule is [2H]C1=C([2H])C([2H])(C(=O)O)C([2H])(C(=O)O)NC1[2H]. The lowest BCUT2D eigenvalue weighted by Gasteiger charge is -2.21. The molecule has 3 N–H and O–H groups in total. The summed E-state index contributed by atoms with van der Waals surface area (Å²) in [5, 5.41) is 19.4. The van der Waals surface area contributed by atoms with E-state index in [4.69, 9.17) is 17.1 Å². The van der Waals surface area contributed by atoms with Crippen molar-refractivity contribution >= 4 is 11.9 Å². The maximum atomic E-state index is 10.9. The van der Waals surface area contributed by atoms with Crippen LogP contribution in [0.5, 0.6) is 0 Å². The van der Waals surface area contributed by atoms with Crippen LogP contribution in [-0.4, -0.2) is 34.7 Å². The van der Waals surface area contributed by atoms with Crippen molar-refractivity contribution in [1.82, 2.24) is 5.32 Å². The van der Waals surface area contributed by atoms with Gasteiger partial charge < -0.3 is 10.2 Å². The van der Waals surface area contributed by atoms with Gasteiger partial charge in [0.25, 0.3) is 0 Å². The zero-order valence-electron chi connectivity index (χ0n) is 10.8. The van der Waals surface area contributed by atoms with Crippen molar-refractivity contribution in [3.8, 4) is 0 Å². The fourth-order valence-corrected chi connectivity index (χ4v) is 0.680. The van der Waals surface area contributed by atoms with E-state index in [2.05, 4.69) is 0 Å². The first-order chi connectivity index (χ1) is 7.59. The minimum Gasteiger partial charge on any atom is -0.481 e. The summed E-state index contributed by atoms with van der Waals surface area (Å²) in [6, 6.07) is -5.11. The van der Waals surface area contributed by atoms with Crippen LogP contribution in [0.4, 0.5) is 0 Å². The van der Waals surface area contributed by atoms with Gasteiger partial charge in [0.15, 0.2) is 0 Å². The van der Waals surface area contributed by atoms with Gasteiger partial charge in [0.05, 0.1) is 4.11 Å². The van der Waals surface area contributed by atoms with Crippen molar-refractivity contribution in [2.75, 3.05) is 6.52 Å². The third kappa shape index (κ3) is 1.62. The van der Waals surface area contributed by atoms with Gasteiger partial charge in [-0.05, 0) is 0 Å². The van der Waals surface area contributed by atoms with Gasteiger partial charge in [-0.3, -0.25) is 14.9 Å². The fraction of sp³-hybridized carbons (Fsp3) is 0.429. The molecule has 0 fully saturated rings. The molecule has 1 aliphatic heterocycles. The first kappa shape index (κ1) is 4.04. The molecular weight excluding hydrogens is 162 g/mol. The van der Waals surface area contributed by atoms with Crippen LogP contribution < -0.4 is 5.32 Å². The van der Waals surface area contributed by atoms with Crippen molar-refractivity contribution in [2.24, 2.45) is 5.89 Å². The summed E-state index contributed by atoms with van der Waals surface area (Å²) in [4.78, 5) is 21.9. The third-order valence-corrected chi connectivity index (χ3v) is 1.16. The van der Waals surface area contributed by atoms with E-state index >= 15 is 0 Å². The Morgan fingerprint density at radius 1 is 1.67 bits per heavy atom. The summed E-state index contributed by atoms with van der Waals surface area (Å²) >= 11 is 0. The quantitative estimate of drug-likeness (QED) is 0.484. The molecule has 0 spiro atoms. The molecule has 1 aliphatic rings. The van der Waals surface area contributed by atoms with Crippen molar-refractivity contribution in [1.29, 1.82) is 0 Å². The number of carboxylic acid groups (broad SMARTS) is 2. The lowest BCUT2D eigenvalue weighted by atomic mass is 9.97. The van der Waals surface area contributed by atoms with E-state index < -0.39 is 42.5 Å². The number of aliphatic carboxylic acids is 2. The van der Waals surface area contributed by atoms with Gasteiger partial charge in [-0.2, -0.15) is 0 Å². The Morgan fingerprint density at radius 2 is 2.33 bits per heavy atom. The molecular formula is C7H9NO4. The minimum atomic E-state index is -3.17. The van der Waals surface area contributed by atoms with E-state index in [1.54, 1.807) is 5.32 Å². The number of rotatable bonds is 2. The normalized spacial score (nSPS) is 54.3. The highest BCUT2D eigenvalue weighted by atomic mass is 16.4. The highest BCUT2D eigenvalue weighted by Crippen LogP contribution is 2.10. The maximum absolute atomic E-state index is 10.9. The molecule has 0 aliphatic carbocycles. The first-order valence-corrected chi connectivity index (χ1v) is 2.93. The second-order valence-electron chi connectivity index (χ2n) is 1.92. The van der Waals surface area contributed by atoms with Crippen LogP contribution in [0.15, 0.2) is 12.1 Å². The van der Waals surface area contributed by atoms with Crippen molar-refractivity contribution in [3.05, 3.63) is 12.1 Å². The molecule has 3 atom stereocenters. The van der Waals surface area contributed by atoms with Gasteiger partial charge in [0.1, 0.15) is 11.9 Å². The van der Waals surface area contributed by atoms with Gasteiger partial charge in [-0.1, -0.05) is 12.1 Å². The predicted octanol–water partition coefficient (Wildman–Crippen LogP) is -0.700. The largest absolute Gasteiger partial charge is 0.481 e. The standard InChI is InChI=1S/C7H9NO4/c9-6(10)4-2-1-3-8-5(4)7(11)12/h1-2,4-5,8H,3H2,(H,9,10)(H,11,12)/i1D,2D,3D,4D,5D. The Labute approximate surface area is 75.7 Å². The third-order valence-electron chi connectivity index (χ3n) is 1.16. The van der Waals surface area contributed by atoms with Crippen LogP contribution in [0.2, 0.25) is 0 Å². The van der Waals surface area contributed by atoms with Crippen LogP contribution >= 0.6 is 0 Å². The maximum Gasteiger partial charge on any atom is 0.321 e. The molecule has 0 aromatic rings. The molecule has 0 bridgehead atoms. The monoisotopic (exact) mass is 176 g/mol. The lowest BCUT2D eigenvalue weighted by molar-refractivity contribution is -0.149. The summed E-state index contributed by atoms with van der Waals surface area (Å²) in [7, 11) is 0. The molecule has 0 aromatic carbocycles. The molecule has 0 amide bonds. The van der Waals surface area contributed by atoms with E-state index in [1.807, 2.05) is 0 Å². The Morgan fingerprint density at radius 3 is 2.83 bits per heavy atom. The average Bonchev–Trinajstić information content (AvgIpc) is 2.23. The molecule has 5 heteroatoms. The topological polar surface area (TPSA) is 86.6 Å². The van der Waals surface area contributed by atoms with Crippen molar-refractivity contribution in [2.45, 2.75) is 6.02 Å². The molecule has 3 unspecified atom stereocenters. The van der Waals surface area contributed by atoms with Gasteiger partial charge >= 0.3 is 11.9 Å². The van der Waals surface area contributed by atoms with E-state index in [0.717, 1.165) is 0 Å². The molecule has 12 heavy (non-hydrogen) atoms. The molecule has 0 saturated heterocycles. The Hall–Kier alpha value is -1.36. The number of carboxylic acids is 2. The van der Waals surface area contributed by atoms with E-state index in [9.17, 15) is 9.59 Å². The zero-order chi connectivity index (χ0) is 13.6. The molecule has 0 aromatic heterocycles. The summed E-state index contributed by atoms with van der Waals surface area (Å²) in [5.41, 5.74) is 0. The van der Waals surface area contributed by atoms with Gasteiger partial charge in [0, 0.05) is 9.26 Å². The first-order valence-electron chi connectivity index (χ1n) is 5.51. The van der Waals surface area contributed by atoms with Crippen molar-refractivity contribution < 1.29 is 26.7 Å². The average molecular weight is 176 g/mol. The second-order valence-corrected chi connectivity index (χ2v) is 1.92. The smallest absolute Gasteiger partial charge is 0.321 e. The van der Waals surface area contributed by atoms with E-state index in [0.29, 0.717) is 0 Å². The molecule has 0 saturated carbocycles. The number of hydrogen-bond acceptors (Lipinski definition) is 3. The molecule has 1 rings (SSSR count). The Balaban J connectivity index is 3.56. The van der Waals surface area contributed by atoms with Gasteiger partial charge in [-0.25, -0.2) is 0 Å². The highest BCUT2D eigenvalue weighted by Gasteiger charge is 2.32. The van der Waals surface area contributed by atoms with Crippen LogP contribution in [0.3, 0.4) is 0 Å². The van der Waals surface area contributed by atoms with Gasteiger partial charge in [-0.15, -0.1) is 0 Å². The zero-order valence-corrected chi connectivity index (χ0v) is 5.79.